The summed E-state index contributed by atoms with van der Waals surface area (Å²) in [5.41, 5.74) is 8.16. The Morgan fingerprint density at radius 3 is 2.11 bits per heavy atom. The standard InChI is InChI=1S/C39H39N5OS2/c45-38(42-39-41-36(27-47-39)31-10-5-2-6-11-31)40-34-20-18-30(19-21-34)33-12-7-13-35(26-33)43-22-24-44(25-23-43)37(46)32-16-14-29(15-17-32)28-8-3-1-4-9-28/h1-17,26-27,30,34H,18-25H2,(H2,40,41,42,45). The van der Waals surface area contributed by atoms with Crippen molar-refractivity contribution >= 4 is 45.4 Å². The zero-order valence-electron chi connectivity index (χ0n) is 26.3. The van der Waals surface area contributed by atoms with Crippen LogP contribution in [0.5, 0.6) is 0 Å². The highest BCUT2D eigenvalue weighted by Crippen LogP contribution is 2.35. The molecule has 0 bridgehead atoms. The van der Waals surface area contributed by atoms with E-state index in [-0.39, 0.29) is 12.1 Å². The van der Waals surface area contributed by atoms with Crippen molar-refractivity contribution in [3.8, 4) is 22.4 Å². The third-order valence-electron chi connectivity index (χ3n) is 9.37. The molecule has 2 amide bonds. The molecule has 2 heterocycles. The number of thiocarbonyl (C=S) groups is 1. The molecule has 238 valence electrons. The molecule has 0 unspecified atom stereocenters. The molecule has 1 aliphatic carbocycles. The lowest BCUT2D eigenvalue weighted by Crippen LogP contribution is -2.48. The molecular weight excluding hydrogens is 619 g/mol. The summed E-state index contributed by atoms with van der Waals surface area (Å²) in [5, 5.41) is 8.71. The number of urea groups is 1. The quantitative estimate of drug-likeness (QED) is 0.171. The van der Waals surface area contributed by atoms with Crippen LogP contribution >= 0.6 is 23.6 Å². The van der Waals surface area contributed by atoms with Gasteiger partial charge in [0.15, 0.2) is 5.13 Å². The first-order valence-corrected chi connectivity index (χ1v) is 17.8. The lowest BCUT2D eigenvalue weighted by molar-refractivity contribution is 0.242. The zero-order chi connectivity index (χ0) is 32.0. The molecule has 2 aliphatic rings. The molecule has 1 aromatic heterocycles. The van der Waals surface area contributed by atoms with Gasteiger partial charge < -0.3 is 15.1 Å². The van der Waals surface area contributed by atoms with Crippen molar-refractivity contribution in [2.24, 2.45) is 0 Å². The number of carbonyl (C=O) groups is 1. The third kappa shape index (κ3) is 7.56. The molecule has 1 saturated carbocycles. The fraction of sp³-hybridized carbons (Fsp3) is 0.256. The summed E-state index contributed by atoms with van der Waals surface area (Å²) in [6.07, 6.45) is 4.07. The van der Waals surface area contributed by atoms with Crippen molar-refractivity contribution in [2.75, 3.05) is 36.4 Å². The monoisotopic (exact) mass is 657 g/mol. The van der Waals surface area contributed by atoms with Crippen LogP contribution in [0.25, 0.3) is 22.4 Å². The Bertz CT molecular complexity index is 1790. The Morgan fingerprint density at radius 2 is 1.40 bits per heavy atom. The zero-order valence-corrected chi connectivity index (χ0v) is 28.0. The van der Waals surface area contributed by atoms with Gasteiger partial charge in [-0.3, -0.25) is 5.32 Å². The Morgan fingerprint density at radius 1 is 0.745 bits per heavy atom. The molecule has 1 aliphatic heterocycles. The first-order valence-electron chi connectivity index (χ1n) is 16.5. The number of piperazine rings is 1. The minimum absolute atomic E-state index is 0.174. The number of benzene rings is 4. The summed E-state index contributed by atoms with van der Waals surface area (Å²) in [5.74, 6) is 0.510. The number of hydrogen-bond donors (Lipinski definition) is 2. The molecule has 6 nitrogen and oxygen atoms in total. The first-order chi connectivity index (χ1) is 23.1. The van der Waals surface area contributed by atoms with E-state index < -0.39 is 0 Å². The Hall–Kier alpha value is -4.53. The molecule has 1 saturated heterocycles. The minimum atomic E-state index is -0.174. The van der Waals surface area contributed by atoms with Crippen molar-refractivity contribution in [1.29, 1.82) is 0 Å². The molecule has 4 aromatic carbocycles. The summed E-state index contributed by atoms with van der Waals surface area (Å²) >= 11 is 7.37. The van der Waals surface area contributed by atoms with Crippen LogP contribution < -0.4 is 15.5 Å². The van der Waals surface area contributed by atoms with E-state index in [2.05, 4.69) is 98.2 Å². The topological polar surface area (TPSA) is 60.5 Å². The van der Waals surface area contributed by atoms with Gasteiger partial charge in [-0.15, -0.1) is 11.3 Å². The second kappa shape index (κ2) is 14.5. The van der Waals surface area contributed by atoms with Crippen molar-refractivity contribution in [3.63, 3.8) is 0 Å². The molecule has 8 heteroatoms. The molecule has 7 rings (SSSR count). The molecule has 0 spiro atoms. The number of aromatic nitrogens is 1. The van der Waals surface area contributed by atoms with E-state index in [4.69, 9.17) is 12.2 Å². The number of amides is 2. The maximum Gasteiger partial charge on any atom is 0.321 e. The van der Waals surface area contributed by atoms with Crippen molar-refractivity contribution in [1.82, 2.24) is 15.2 Å². The van der Waals surface area contributed by atoms with Crippen LogP contribution in [0, 0.1) is 0 Å². The number of anilines is 2. The van der Waals surface area contributed by atoms with Crippen LogP contribution in [0.2, 0.25) is 0 Å². The number of thiazole rings is 1. The van der Waals surface area contributed by atoms with E-state index in [1.807, 2.05) is 41.8 Å². The average molecular weight is 658 g/mol. The number of carbonyl (C=O) groups excluding carboxylic acids is 1. The van der Waals surface area contributed by atoms with Crippen LogP contribution in [0.1, 0.15) is 42.7 Å². The van der Waals surface area contributed by atoms with Crippen molar-refractivity contribution in [3.05, 3.63) is 126 Å². The normalized spacial score (nSPS) is 18.0. The van der Waals surface area contributed by atoms with Gasteiger partial charge in [0.1, 0.15) is 4.99 Å². The molecule has 0 atom stereocenters. The fourth-order valence-electron chi connectivity index (χ4n) is 6.72. The highest BCUT2D eigenvalue weighted by Gasteiger charge is 2.25. The van der Waals surface area contributed by atoms with Crippen LogP contribution in [0.3, 0.4) is 0 Å². The predicted octanol–water partition coefficient (Wildman–Crippen LogP) is 8.82. The second-order valence-corrected chi connectivity index (χ2v) is 13.6. The summed E-state index contributed by atoms with van der Waals surface area (Å²) in [7, 11) is 0. The van der Waals surface area contributed by atoms with Gasteiger partial charge in [-0.1, -0.05) is 109 Å². The smallest absolute Gasteiger partial charge is 0.321 e. The number of nitrogens with zero attached hydrogens (tertiary/aromatic N) is 3. The molecule has 0 radical (unpaired) electrons. The van der Waals surface area contributed by atoms with E-state index in [0.717, 1.165) is 73.7 Å². The number of nitrogens with one attached hydrogen (secondary N) is 2. The van der Waals surface area contributed by atoms with Gasteiger partial charge in [-0.25, -0.2) is 9.78 Å². The van der Waals surface area contributed by atoms with Crippen LogP contribution in [0.15, 0.2) is 115 Å². The minimum Gasteiger partial charge on any atom is -0.368 e. The molecule has 2 N–H and O–H groups in total. The van der Waals surface area contributed by atoms with Crippen LogP contribution in [-0.4, -0.2) is 53.1 Å². The van der Waals surface area contributed by atoms with Gasteiger partial charge in [0.25, 0.3) is 0 Å². The lowest BCUT2D eigenvalue weighted by Gasteiger charge is -2.38. The fourth-order valence-corrected chi connectivity index (χ4v) is 7.76. The van der Waals surface area contributed by atoms with Crippen molar-refractivity contribution in [2.45, 2.75) is 37.6 Å². The van der Waals surface area contributed by atoms with Gasteiger partial charge in [0.05, 0.1) is 5.69 Å². The van der Waals surface area contributed by atoms with Crippen molar-refractivity contribution < 1.29 is 4.79 Å². The number of rotatable bonds is 7. The summed E-state index contributed by atoms with van der Waals surface area (Å²) in [6, 6.07) is 38.2. The Kier molecular flexibility index (Phi) is 9.58. The summed E-state index contributed by atoms with van der Waals surface area (Å²) < 4.78 is 0. The molecule has 2 fully saturated rings. The Balaban J connectivity index is 0.877. The van der Waals surface area contributed by atoms with E-state index >= 15 is 0 Å². The largest absolute Gasteiger partial charge is 0.368 e. The maximum atomic E-state index is 12.7. The third-order valence-corrected chi connectivity index (χ3v) is 10.6. The maximum absolute atomic E-state index is 12.7. The van der Waals surface area contributed by atoms with Gasteiger partial charge in [0.2, 0.25) is 0 Å². The highest BCUT2D eigenvalue weighted by molar-refractivity contribution is 7.80. The van der Waals surface area contributed by atoms with E-state index in [9.17, 15) is 4.79 Å². The summed E-state index contributed by atoms with van der Waals surface area (Å²) in [4.78, 5) is 23.1. The average Bonchev–Trinajstić information content (AvgIpc) is 3.61. The highest BCUT2D eigenvalue weighted by atomic mass is 32.1. The van der Waals surface area contributed by atoms with Gasteiger partial charge in [-0.05, 0) is 60.4 Å². The van der Waals surface area contributed by atoms with E-state index in [1.165, 1.54) is 33.7 Å². The second-order valence-electron chi connectivity index (χ2n) is 12.4. The molecular formula is C39H39N5OS2. The van der Waals surface area contributed by atoms with Gasteiger partial charge in [-0.2, -0.15) is 0 Å². The number of hydrogen-bond acceptors (Lipinski definition) is 5. The first kappa shape index (κ1) is 31.1. The van der Waals surface area contributed by atoms with Crippen LogP contribution in [0.4, 0.5) is 15.6 Å². The SMILES string of the molecule is O=C(Nc1nc(-c2ccccc2)cs1)NC1CCC(c2cccc(N3CCN(C(=S)c4ccc(-c5ccccc5)cc4)CC3)c2)CC1. The van der Waals surface area contributed by atoms with E-state index in [0.29, 0.717) is 11.0 Å². The predicted molar refractivity (Wildman–Crippen MR) is 199 cm³/mol. The lowest BCUT2D eigenvalue weighted by atomic mass is 9.81. The van der Waals surface area contributed by atoms with Gasteiger partial charge in [0, 0.05) is 54.4 Å². The molecule has 47 heavy (non-hydrogen) atoms. The summed E-state index contributed by atoms with van der Waals surface area (Å²) in [6.45, 7) is 3.72. The van der Waals surface area contributed by atoms with E-state index in [1.54, 1.807) is 0 Å². The van der Waals surface area contributed by atoms with Crippen LogP contribution in [-0.2, 0) is 0 Å². The molecule has 5 aromatic rings. The van der Waals surface area contributed by atoms with Gasteiger partial charge >= 0.3 is 6.03 Å². The Labute approximate surface area is 286 Å².